The number of halogens is 1. The maximum absolute atomic E-state index is 12.3. The van der Waals surface area contributed by atoms with Crippen LogP contribution in [0.25, 0.3) is 0 Å². The Hall–Kier alpha value is -2.51. The van der Waals surface area contributed by atoms with E-state index in [-0.39, 0.29) is 17.7 Å². The van der Waals surface area contributed by atoms with E-state index in [0.29, 0.717) is 52.1 Å². The van der Waals surface area contributed by atoms with Gasteiger partial charge in [-0.1, -0.05) is 23.7 Å². The van der Waals surface area contributed by atoms with E-state index in [4.69, 9.17) is 16.3 Å². The van der Waals surface area contributed by atoms with Gasteiger partial charge in [0.1, 0.15) is 5.75 Å². The van der Waals surface area contributed by atoms with Crippen LogP contribution < -0.4 is 10.1 Å². The lowest BCUT2D eigenvalue weighted by atomic mass is 10.1. The molecule has 0 bridgehead atoms. The molecule has 1 aliphatic heterocycles. The molecule has 6 nitrogen and oxygen atoms in total. The number of hydrogen-bond acceptors (Lipinski definition) is 5. The third-order valence-corrected chi connectivity index (χ3v) is 5.45. The Morgan fingerprint density at radius 3 is 2.43 bits per heavy atom. The van der Waals surface area contributed by atoms with E-state index >= 15 is 0 Å². The van der Waals surface area contributed by atoms with Gasteiger partial charge >= 0.3 is 0 Å². The number of carbonyl (C=O) groups excluding carboxylic acids is 3. The summed E-state index contributed by atoms with van der Waals surface area (Å²) in [7, 11) is 1.52. The molecule has 28 heavy (non-hydrogen) atoms. The highest BCUT2D eigenvalue weighted by molar-refractivity contribution is 7.99. The van der Waals surface area contributed by atoms with Gasteiger partial charge in [0.05, 0.1) is 23.9 Å². The van der Waals surface area contributed by atoms with Crippen molar-refractivity contribution in [1.82, 2.24) is 4.90 Å². The second-order valence-electron chi connectivity index (χ2n) is 6.06. The Morgan fingerprint density at radius 2 is 1.79 bits per heavy atom. The summed E-state index contributed by atoms with van der Waals surface area (Å²) < 4.78 is 5.20. The molecule has 0 saturated carbocycles. The van der Waals surface area contributed by atoms with Crippen molar-refractivity contribution in [3.8, 4) is 5.75 Å². The SMILES string of the molecule is COc1ccc(Cl)cc1NC(=O)CCSCCN1C(=O)c2ccccc2C1=O. The van der Waals surface area contributed by atoms with Gasteiger partial charge in [0.2, 0.25) is 5.91 Å². The summed E-state index contributed by atoms with van der Waals surface area (Å²) in [4.78, 5) is 37.9. The van der Waals surface area contributed by atoms with Gasteiger partial charge in [-0.05, 0) is 30.3 Å². The van der Waals surface area contributed by atoms with Crippen LogP contribution >= 0.6 is 23.4 Å². The molecule has 0 aromatic heterocycles. The van der Waals surface area contributed by atoms with E-state index in [9.17, 15) is 14.4 Å². The Labute approximate surface area is 172 Å². The number of rotatable bonds is 8. The Kier molecular flexibility index (Phi) is 6.59. The van der Waals surface area contributed by atoms with Crippen LogP contribution in [0.4, 0.5) is 5.69 Å². The van der Waals surface area contributed by atoms with Gasteiger partial charge in [-0.15, -0.1) is 0 Å². The van der Waals surface area contributed by atoms with Crippen molar-refractivity contribution in [2.24, 2.45) is 0 Å². The van der Waals surface area contributed by atoms with Crippen LogP contribution in [-0.4, -0.2) is 47.8 Å². The summed E-state index contributed by atoms with van der Waals surface area (Å²) in [5.41, 5.74) is 1.43. The fourth-order valence-corrected chi connectivity index (χ4v) is 3.87. The topological polar surface area (TPSA) is 75.7 Å². The number of benzene rings is 2. The van der Waals surface area contributed by atoms with Gasteiger partial charge in [0.15, 0.2) is 0 Å². The highest BCUT2D eigenvalue weighted by Gasteiger charge is 2.34. The van der Waals surface area contributed by atoms with Crippen LogP contribution in [0.5, 0.6) is 5.75 Å². The summed E-state index contributed by atoms with van der Waals surface area (Å²) in [6.45, 7) is 0.320. The first-order valence-electron chi connectivity index (χ1n) is 8.67. The first kappa shape index (κ1) is 20.2. The molecule has 3 amide bonds. The smallest absolute Gasteiger partial charge is 0.261 e. The van der Waals surface area contributed by atoms with Gasteiger partial charge in [-0.2, -0.15) is 11.8 Å². The molecule has 0 unspecified atom stereocenters. The molecule has 0 spiro atoms. The highest BCUT2D eigenvalue weighted by atomic mass is 35.5. The van der Waals surface area contributed by atoms with Gasteiger partial charge in [0.25, 0.3) is 11.8 Å². The van der Waals surface area contributed by atoms with E-state index in [1.165, 1.54) is 23.8 Å². The third kappa shape index (κ3) is 4.48. The first-order chi connectivity index (χ1) is 13.5. The Bertz CT molecular complexity index is 884. The zero-order chi connectivity index (χ0) is 20.1. The number of fused-ring (bicyclic) bond motifs is 1. The number of carbonyl (C=O) groups is 3. The van der Waals surface area contributed by atoms with Crippen molar-refractivity contribution in [3.63, 3.8) is 0 Å². The molecule has 0 aliphatic carbocycles. The lowest BCUT2D eigenvalue weighted by Gasteiger charge is -2.13. The Balaban J connectivity index is 1.42. The number of imide groups is 1. The summed E-state index contributed by atoms with van der Waals surface area (Å²) in [6, 6.07) is 11.8. The van der Waals surface area contributed by atoms with Crippen molar-refractivity contribution in [2.75, 3.05) is 30.5 Å². The lowest BCUT2D eigenvalue weighted by Crippen LogP contribution is -2.31. The molecule has 1 aliphatic rings. The van der Waals surface area contributed by atoms with E-state index in [0.717, 1.165) is 0 Å². The molecule has 3 rings (SSSR count). The Morgan fingerprint density at radius 1 is 1.11 bits per heavy atom. The van der Waals surface area contributed by atoms with Crippen molar-refractivity contribution in [2.45, 2.75) is 6.42 Å². The van der Waals surface area contributed by atoms with Gasteiger partial charge in [-0.25, -0.2) is 0 Å². The van der Waals surface area contributed by atoms with E-state index in [1.807, 2.05) is 0 Å². The number of amides is 3. The molecule has 1 N–H and O–H groups in total. The first-order valence-corrected chi connectivity index (χ1v) is 10.2. The number of methoxy groups -OCH3 is 1. The highest BCUT2D eigenvalue weighted by Crippen LogP contribution is 2.28. The number of thioether (sulfide) groups is 1. The molecule has 146 valence electrons. The average molecular weight is 419 g/mol. The number of anilines is 1. The van der Waals surface area contributed by atoms with Crippen LogP contribution in [0, 0.1) is 0 Å². The molecule has 2 aromatic carbocycles. The predicted octanol–water partition coefficient (Wildman–Crippen LogP) is 3.71. The number of nitrogens with zero attached hydrogens (tertiary/aromatic N) is 1. The summed E-state index contributed by atoms with van der Waals surface area (Å²) in [5, 5.41) is 3.29. The molecule has 0 atom stereocenters. The van der Waals surface area contributed by atoms with Crippen LogP contribution in [0.3, 0.4) is 0 Å². The molecular weight excluding hydrogens is 400 g/mol. The molecule has 1 heterocycles. The number of nitrogens with one attached hydrogen (secondary N) is 1. The zero-order valence-corrected chi connectivity index (χ0v) is 16.8. The largest absolute Gasteiger partial charge is 0.495 e. The predicted molar refractivity (Wildman–Crippen MR) is 110 cm³/mol. The molecule has 0 saturated heterocycles. The zero-order valence-electron chi connectivity index (χ0n) is 15.2. The van der Waals surface area contributed by atoms with E-state index in [1.54, 1.807) is 42.5 Å². The molecule has 0 radical (unpaired) electrons. The fraction of sp³-hybridized carbons (Fsp3) is 0.250. The minimum atomic E-state index is -0.257. The normalized spacial score (nSPS) is 12.9. The molecule has 0 fully saturated rings. The summed E-state index contributed by atoms with van der Waals surface area (Å²) in [5.74, 6) is 1.00. The van der Waals surface area contributed by atoms with Gasteiger partial charge in [0, 0.05) is 29.5 Å². The summed E-state index contributed by atoms with van der Waals surface area (Å²) >= 11 is 7.46. The maximum Gasteiger partial charge on any atom is 0.261 e. The van der Waals surface area contributed by atoms with Crippen LogP contribution in [-0.2, 0) is 4.79 Å². The van der Waals surface area contributed by atoms with Crippen molar-refractivity contribution in [1.29, 1.82) is 0 Å². The standard InChI is InChI=1S/C20H19ClN2O4S/c1-27-17-7-6-13(21)12-16(17)22-18(24)8-10-28-11-9-23-19(25)14-4-2-3-5-15(14)20(23)26/h2-7,12H,8-11H2,1H3,(H,22,24). The number of ether oxygens (including phenoxy) is 1. The van der Waals surface area contributed by atoms with Crippen LogP contribution in [0.2, 0.25) is 5.02 Å². The molecular formula is C20H19ClN2O4S. The monoisotopic (exact) mass is 418 g/mol. The quantitative estimate of drug-likeness (QED) is 0.522. The minimum Gasteiger partial charge on any atom is -0.495 e. The lowest BCUT2D eigenvalue weighted by molar-refractivity contribution is -0.115. The second-order valence-corrected chi connectivity index (χ2v) is 7.72. The number of hydrogen-bond donors (Lipinski definition) is 1. The van der Waals surface area contributed by atoms with Gasteiger partial charge < -0.3 is 10.1 Å². The van der Waals surface area contributed by atoms with E-state index < -0.39 is 0 Å². The van der Waals surface area contributed by atoms with Crippen LogP contribution in [0.1, 0.15) is 27.1 Å². The van der Waals surface area contributed by atoms with Crippen molar-refractivity contribution in [3.05, 3.63) is 58.6 Å². The fourth-order valence-electron chi connectivity index (χ4n) is 2.86. The molecule has 8 heteroatoms. The van der Waals surface area contributed by atoms with Crippen molar-refractivity contribution < 1.29 is 19.1 Å². The van der Waals surface area contributed by atoms with Gasteiger partial charge in [-0.3, -0.25) is 19.3 Å². The van der Waals surface area contributed by atoms with Crippen LogP contribution in [0.15, 0.2) is 42.5 Å². The minimum absolute atomic E-state index is 0.159. The molecule has 2 aromatic rings. The van der Waals surface area contributed by atoms with Crippen molar-refractivity contribution >= 4 is 46.8 Å². The average Bonchev–Trinajstić information content (AvgIpc) is 2.93. The maximum atomic E-state index is 12.3. The summed E-state index contributed by atoms with van der Waals surface area (Å²) in [6.07, 6.45) is 0.294. The second kappa shape index (κ2) is 9.12. The van der Waals surface area contributed by atoms with E-state index in [2.05, 4.69) is 5.32 Å². The third-order valence-electron chi connectivity index (χ3n) is 4.25.